The predicted molar refractivity (Wildman–Crippen MR) is 73.5 cm³/mol. The summed E-state index contributed by atoms with van der Waals surface area (Å²) in [6.07, 6.45) is 4.86. The lowest BCUT2D eigenvalue weighted by atomic mass is 9.88. The lowest BCUT2D eigenvalue weighted by Gasteiger charge is -2.38. The Morgan fingerprint density at radius 2 is 2.00 bits per heavy atom. The van der Waals surface area contributed by atoms with Crippen LogP contribution in [0.25, 0.3) is 0 Å². The summed E-state index contributed by atoms with van der Waals surface area (Å²) in [6.45, 7) is 10.1. The van der Waals surface area contributed by atoms with Crippen LogP contribution in [0, 0.1) is 0 Å². The van der Waals surface area contributed by atoms with E-state index in [0.717, 1.165) is 25.3 Å². The third-order valence-electron chi connectivity index (χ3n) is 3.99. The molecule has 18 heavy (non-hydrogen) atoms. The Morgan fingerprint density at radius 3 is 2.39 bits per heavy atom. The molecule has 4 nitrogen and oxygen atoms in total. The van der Waals surface area contributed by atoms with Crippen LogP contribution < -0.4 is 0 Å². The van der Waals surface area contributed by atoms with Gasteiger partial charge in [-0.1, -0.05) is 20.8 Å². The number of carbonyl (C=O) groups is 1. The van der Waals surface area contributed by atoms with E-state index in [0.29, 0.717) is 6.42 Å². The predicted octanol–water partition coefficient (Wildman–Crippen LogP) is 2.04. The Bertz CT molecular complexity index is 395. The smallest absolute Gasteiger partial charge is 0.160 e. The first-order chi connectivity index (χ1) is 8.49. The monoisotopic (exact) mass is 251 g/mol. The molecule has 0 N–H and O–H groups in total. The lowest BCUT2D eigenvalue weighted by Crippen LogP contribution is -2.52. The Balaban J connectivity index is 2.88. The summed E-state index contributed by atoms with van der Waals surface area (Å²) >= 11 is 0. The molecule has 0 saturated carbocycles. The maximum Gasteiger partial charge on any atom is 0.160 e. The summed E-state index contributed by atoms with van der Waals surface area (Å²) in [5.41, 5.74) is -0.380. The first-order valence-electron chi connectivity index (χ1n) is 6.74. The first kappa shape index (κ1) is 14.9. The van der Waals surface area contributed by atoms with Gasteiger partial charge in [-0.3, -0.25) is 9.69 Å². The number of imidazole rings is 1. The van der Waals surface area contributed by atoms with Crippen LogP contribution in [-0.2, 0) is 18.3 Å². The van der Waals surface area contributed by atoms with Crippen LogP contribution in [0.3, 0.4) is 0 Å². The first-order valence-corrected chi connectivity index (χ1v) is 6.74. The molecule has 0 aliphatic rings. The van der Waals surface area contributed by atoms with Crippen molar-refractivity contribution in [3.63, 3.8) is 0 Å². The van der Waals surface area contributed by atoms with Gasteiger partial charge in [-0.15, -0.1) is 0 Å². The van der Waals surface area contributed by atoms with Crippen molar-refractivity contribution < 1.29 is 4.79 Å². The van der Waals surface area contributed by atoms with Gasteiger partial charge in [0.25, 0.3) is 0 Å². The number of hydrogen-bond acceptors (Lipinski definition) is 3. The number of nitrogens with zero attached hydrogens (tertiary/aromatic N) is 3. The molecule has 0 aliphatic heterocycles. The van der Waals surface area contributed by atoms with E-state index < -0.39 is 0 Å². The molecule has 1 atom stereocenters. The molecule has 0 saturated heterocycles. The van der Waals surface area contributed by atoms with E-state index in [1.54, 1.807) is 6.20 Å². The van der Waals surface area contributed by atoms with E-state index in [9.17, 15) is 4.79 Å². The number of carbonyl (C=O) groups excluding carboxylic acids is 1. The summed E-state index contributed by atoms with van der Waals surface area (Å²) in [7, 11) is 1.93. The molecule has 1 aromatic rings. The van der Waals surface area contributed by atoms with Crippen LogP contribution in [0.2, 0.25) is 0 Å². The fourth-order valence-corrected chi connectivity index (χ4v) is 2.42. The van der Waals surface area contributed by atoms with Gasteiger partial charge in [-0.25, -0.2) is 4.98 Å². The van der Waals surface area contributed by atoms with Gasteiger partial charge in [-0.05, 0) is 26.4 Å². The lowest BCUT2D eigenvalue weighted by molar-refractivity contribution is -0.130. The second-order valence-electron chi connectivity index (χ2n) is 4.85. The standard InChI is InChI=1S/C14H25N3O/c1-6-14(4,17(7-2)8-3)12(18)11-13-15-9-10-16(13)5/h9-10H,6-8,11H2,1-5H3. The van der Waals surface area contributed by atoms with Gasteiger partial charge >= 0.3 is 0 Å². The molecule has 0 bridgehead atoms. The van der Waals surface area contributed by atoms with Crippen molar-refractivity contribution in [2.24, 2.45) is 7.05 Å². The van der Waals surface area contributed by atoms with Gasteiger partial charge in [0.2, 0.25) is 0 Å². The van der Waals surface area contributed by atoms with Crippen LogP contribution in [0.1, 0.15) is 39.9 Å². The molecule has 0 aliphatic carbocycles. The molecule has 0 radical (unpaired) electrons. The molecule has 0 fully saturated rings. The summed E-state index contributed by atoms with van der Waals surface area (Å²) in [5, 5.41) is 0. The summed E-state index contributed by atoms with van der Waals surface area (Å²) in [5.74, 6) is 1.09. The van der Waals surface area contributed by atoms with Crippen LogP contribution in [0.4, 0.5) is 0 Å². The van der Waals surface area contributed by atoms with Gasteiger partial charge in [0, 0.05) is 19.4 Å². The third kappa shape index (κ3) is 2.80. The normalized spacial score (nSPS) is 14.8. The number of likely N-dealkylation sites (N-methyl/N-ethyl adjacent to an activating group) is 1. The van der Waals surface area contributed by atoms with Crippen molar-refractivity contribution in [1.82, 2.24) is 14.5 Å². The number of rotatable bonds is 7. The molecule has 4 heteroatoms. The SMILES string of the molecule is CCN(CC)C(C)(CC)C(=O)Cc1nccn1C. The molecule has 0 spiro atoms. The molecule has 1 rings (SSSR count). The fourth-order valence-electron chi connectivity index (χ4n) is 2.42. The van der Waals surface area contributed by atoms with Crippen LogP contribution >= 0.6 is 0 Å². The highest BCUT2D eigenvalue weighted by molar-refractivity contribution is 5.89. The Kier molecular flexibility index (Phi) is 5.08. The number of hydrogen-bond donors (Lipinski definition) is 0. The number of aromatic nitrogens is 2. The molecule has 1 heterocycles. The Hall–Kier alpha value is -1.16. The maximum absolute atomic E-state index is 12.6. The highest BCUT2D eigenvalue weighted by Gasteiger charge is 2.36. The van der Waals surface area contributed by atoms with Crippen LogP contribution in [0.5, 0.6) is 0 Å². The van der Waals surface area contributed by atoms with Gasteiger partial charge in [0.1, 0.15) is 5.82 Å². The third-order valence-corrected chi connectivity index (χ3v) is 3.99. The second kappa shape index (κ2) is 6.14. The minimum absolute atomic E-state index is 0.253. The zero-order valence-electron chi connectivity index (χ0n) is 12.2. The minimum Gasteiger partial charge on any atom is -0.338 e. The summed E-state index contributed by atoms with van der Waals surface area (Å²) in [4.78, 5) is 19.1. The summed E-state index contributed by atoms with van der Waals surface area (Å²) in [6, 6.07) is 0. The van der Waals surface area contributed by atoms with E-state index in [4.69, 9.17) is 0 Å². The van der Waals surface area contributed by atoms with Gasteiger partial charge in [0.15, 0.2) is 5.78 Å². The van der Waals surface area contributed by atoms with Crippen molar-refractivity contribution in [3.05, 3.63) is 18.2 Å². The highest BCUT2D eigenvalue weighted by Crippen LogP contribution is 2.22. The summed E-state index contributed by atoms with van der Waals surface area (Å²) < 4.78 is 1.91. The van der Waals surface area contributed by atoms with E-state index in [1.807, 2.05) is 24.7 Å². The largest absolute Gasteiger partial charge is 0.338 e. The van der Waals surface area contributed by atoms with Crippen LogP contribution in [-0.4, -0.2) is 38.9 Å². The highest BCUT2D eigenvalue weighted by atomic mass is 16.1. The number of Topliss-reactive ketones (excluding diaryl/α,β-unsaturated/α-hetero) is 1. The molecular formula is C14H25N3O. The van der Waals surface area contributed by atoms with Crippen molar-refractivity contribution in [2.75, 3.05) is 13.1 Å². The van der Waals surface area contributed by atoms with Gasteiger partial charge < -0.3 is 4.57 Å². The maximum atomic E-state index is 12.6. The molecular weight excluding hydrogens is 226 g/mol. The second-order valence-corrected chi connectivity index (χ2v) is 4.85. The van der Waals surface area contributed by atoms with E-state index >= 15 is 0 Å². The average Bonchev–Trinajstić information content (AvgIpc) is 2.76. The fraction of sp³-hybridized carbons (Fsp3) is 0.714. The Labute approximate surface area is 110 Å². The topological polar surface area (TPSA) is 38.1 Å². The van der Waals surface area contributed by atoms with Crippen molar-refractivity contribution in [2.45, 2.75) is 46.1 Å². The Morgan fingerprint density at radius 1 is 1.39 bits per heavy atom. The zero-order chi connectivity index (χ0) is 13.8. The minimum atomic E-state index is -0.380. The van der Waals surface area contributed by atoms with Crippen molar-refractivity contribution >= 4 is 5.78 Å². The quantitative estimate of drug-likeness (QED) is 0.744. The molecule has 1 aromatic heterocycles. The van der Waals surface area contributed by atoms with Crippen molar-refractivity contribution in [1.29, 1.82) is 0 Å². The number of aryl methyl sites for hydroxylation is 1. The van der Waals surface area contributed by atoms with Crippen LogP contribution in [0.15, 0.2) is 12.4 Å². The van der Waals surface area contributed by atoms with E-state index in [-0.39, 0.29) is 11.3 Å². The zero-order valence-corrected chi connectivity index (χ0v) is 12.2. The molecule has 102 valence electrons. The van der Waals surface area contributed by atoms with Gasteiger partial charge in [0.05, 0.1) is 12.0 Å². The number of ketones is 1. The molecule has 0 aromatic carbocycles. The van der Waals surface area contributed by atoms with E-state index in [1.165, 1.54) is 0 Å². The molecule has 1 unspecified atom stereocenters. The molecule has 0 amide bonds. The van der Waals surface area contributed by atoms with Crippen molar-refractivity contribution in [3.8, 4) is 0 Å². The average molecular weight is 251 g/mol. The van der Waals surface area contributed by atoms with E-state index in [2.05, 4.69) is 30.7 Å². The van der Waals surface area contributed by atoms with Gasteiger partial charge in [-0.2, -0.15) is 0 Å².